The van der Waals surface area contributed by atoms with Crippen molar-refractivity contribution in [2.45, 2.75) is 51.8 Å². The number of nitrogens with one attached hydrogen (secondary N) is 2. The molecule has 0 bridgehead atoms. The monoisotopic (exact) mass is 546 g/mol. The molecule has 2 heterocycles. The van der Waals surface area contributed by atoms with Gasteiger partial charge in [0.05, 0.1) is 13.2 Å². The Morgan fingerprint density at radius 2 is 2.10 bits per heavy atom. The van der Waals surface area contributed by atoms with E-state index < -0.39 is 0 Å². The summed E-state index contributed by atoms with van der Waals surface area (Å²) < 4.78 is 25.6. The molecule has 31 heavy (non-hydrogen) atoms. The molecule has 0 fully saturated rings. The first-order valence-electron chi connectivity index (χ1n) is 10.5. The van der Waals surface area contributed by atoms with E-state index in [1.807, 2.05) is 4.68 Å². The summed E-state index contributed by atoms with van der Waals surface area (Å²) in [6.07, 6.45) is 3.67. The second kappa shape index (κ2) is 13.5. The zero-order valence-electron chi connectivity index (χ0n) is 18.1. The first-order valence-corrected chi connectivity index (χ1v) is 10.5. The van der Waals surface area contributed by atoms with E-state index in [1.165, 1.54) is 12.1 Å². The van der Waals surface area contributed by atoms with Crippen molar-refractivity contribution < 1.29 is 13.9 Å². The third kappa shape index (κ3) is 8.24. The molecule has 0 saturated carbocycles. The summed E-state index contributed by atoms with van der Waals surface area (Å²) in [5.74, 6) is 3.00. The topological polar surface area (TPSA) is 85.6 Å². The van der Waals surface area contributed by atoms with Gasteiger partial charge in [0.15, 0.2) is 11.8 Å². The second-order valence-electron chi connectivity index (χ2n) is 7.21. The lowest BCUT2D eigenvalue weighted by atomic mass is 10.1. The molecule has 1 aliphatic rings. The number of halogens is 2. The summed E-state index contributed by atoms with van der Waals surface area (Å²) in [6, 6.07) is 6.35. The molecule has 2 N–H and O–H groups in total. The standard InChI is InChI=1S/C21H31FN6O2.HI/c1-3-23-21(24-12-4-5-13-30-18-9-6-16(22)7-10-18)25-17-8-11-20-26-19(15-29-2)27-28(20)14-17;/h6-7,9-10,17H,3-5,8,11-15H2,1-2H3,(H2,23,24,25);1H. The Morgan fingerprint density at radius 1 is 1.29 bits per heavy atom. The van der Waals surface area contributed by atoms with E-state index in [0.717, 1.165) is 56.4 Å². The highest BCUT2D eigenvalue weighted by Gasteiger charge is 2.22. The van der Waals surface area contributed by atoms with Gasteiger partial charge in [-0.3, -0.25) is 4.99 Å². The molecule has 1 aliphatic heterocycles. The van der Waals surface area contributed by atoms with Crippen LogP contribution in [0.4, 0.5) is 4.39 Å². The molecule has 0 saturated heterocycles. The lowest BCUT2D eigenvalue weighted by Gasteiger charge is -2.25. The van der Waals surface area contributed by atoms with Crippen LogP contribution in [0.15, 0.2) is 29.3 Å². The molecule has 1 aromatic carbocycles. The molecule has 172 valence electrons. The smallest absolute Gasteiger partial charge is 0.191 e. The summed E-state index contributed by atoms with van der Waals surface area (Å²) in [7, 11) is 1.65. The van der Waals surface area contributed by atoms with Gasteiger partial charge in [-0.15, -0.1) is 24.0 Å². The van der Waals surface area contributed by atoms with Crippen LogP contribution in [0.25, 0.3) is 0 Å². The number of ether oxygens (including phenoxy) is 2. The van der Waals surface area contributed by atoms with Gasteiger partial charge in [0, 0.05) is 32.7 Å². The van der Waals surface area contributed by atoms with Gasteiger partial charge in [-0.1, -0.05) is 0 Å². The van der Waals surface area contributed by atoms with Gasteiger partial charge in [0.25, 0.3) is 0 Å². The molecule has 2 aromatic rings. The fourth-order valence-electron chi connectivity index (χ4n) is 3.31. The number of hydrogen-bond donors (Lipinski definition) is 2. The number of methoxy groups -OCH3 is 1. The van der Waals surface area contributed by atoms with Crippen molar-refractivity contribution in [1.29, 1.82) is 0 Å². The third-order valence-electron chi connectivity index (χ3n) is 4.77. The highest BCUT2D eigenvalue weighted by Crippen LogP contribution is 2.14. The molecule has 1 aromatic heterocycles. The molecule has 3 rings (SSSR count). The van der Waals surface area contributed by atoms with E-state index in [4.69, 9.17) is 9.47 Å². The van der Waals surface area contributed by atoms with Crippen LogP contribution in [-0.4, -0.2) is 53.6 Å². The van der Waals surface area contributed by atoms with Crippen LogP contribution < -0.4 is 15.4 Å². The molecule has 0 amide bonds. The number of nitrogens with zero attached hydrogens (tertiary/aromatic N) is 4. The first kappa shape index (κ1) is 25.3. The molecular formula is C21H32FIN6O2. The Labute approximate surface area is 200 Å². The van der Waals surface area contributed by atoms with Crippen molar-refractivity contribution in [3.8, 4) is 5.75 Å². The van der Waals surface area contributed by atoms with Crippen LogP contribution >= 0.6 is 24.0 Å². The number of hydrogen-bond acceptors (Lipinski definition) is 5. The highest BCUT2D eigenvalue weighted by molar-refractivity contribution is 14.0. The number of benzene rings is 1. The summed E-state index contributed by atoms with van der Waals surface area (Å²) >= 11 is 0. The van der Waals surface area contributed by atoms with Gasteiger partial charge in [-0.2, -0.15) is 5.10 Å². The SMILES string of the molecule is CCNC(=NCCCCOc1ccc(F)cc1)NC1CCc2nc(COC)nn2C1.I. The van der Waals surface area contributed by atoms with Crippen molar-refractivity contribution in [3.63, 3.8) is 0 Å². The van der Waals surface area contributed by atoms with E-state index in [9.17, 15) is 4.39 Å². The van der Waals surface area contributed by atoms with Crippen LogP contribution in [0, 0.1) is 5.82 Å². The van der Waals surface area contributed by atoms with Crippen LogP contribution in [0.1, 0.15) is 37.8 Å². The van der Waals surface area contributed by atoms with Gasteiger partial charge in [-0.25, -0.2) is 14.1 Å². The Bertz CT molecular complexity index is 815. The molecule has 1 atom stereocenters. The zero-order chi connectivity index (χ0) is 21.2. The molecule has 0 aliphatic carbocycles. The van der Waals surface area contributed by atoms with E-state index in [-0.39, 0.29) is 35.8 Å². The first-order chi connectivity index (χ1) is 14.7. The van der Waals surface area contributed by atoms with Crippen molar-refractivity contribution in [1.82, 2.24) is 25.4 Å². The minimum atomic E-state index is -0.256. The summed E-state index contributed by atoms with van der Waals surface area (Å²) in [5.41, 5.74) is 0. The second-order valence-corrected chi connectivity index (χ2v) is 7.21. The Kier molecular flexibility index (Phi) is 11.0. The predicted molar refractivity (Wildman–Crippen MR) is 129 cm³/mol. The van der Waals surface area contributed by atoms with Gasteiger partial charge in [-0.05, 0) is 50.5 Å². The fraction of sp³-hybridized carbons (Fsp3) is 0.571. The van der Waals surface area contributed by atoms with E-state index in [0.29, 0.717) is 25.5 Å². The Morgan fingerprint density at radius 3 is 2.84 bits per heavy atom. The van der Waals surface area contributed by atoms with Gasteiger partial charge < -0.3 is 20.1 Å². The van der Waals surface area contributed by atoms with Gasteiger partial charge in [0.1, 0.15) is 24.0 Å². The van der Waals surface area contributed by atoms with Crippen LogP contribution in [0.5, 0.6) is 5.75 Å². The number of unbranched alkanes of at least 4 members (excludes halogenated alkanes) is 1. The molecule has 0 spiro atoms. The molecular weight excluding hydrogens is 514 g/mol. The molecule has 1 unspecified atom stereocenters. The van der Waals surface area contributed by atoms with Crippen molar-refractivity contribution >= 4 is 29.9 Å². The van der Waals surface area contributed by atoms with Crippen molar-refractivity contribution in [2.75, 3.05) is 26.8 Å². The largest absolute Gasteiger partial charge is 0.494 e. The summed E-state index contributed by atoms with van der Waals surface area (Å²) in [4.78, 5) is 9.20. The highest BCUT2D eigenvalue weighted by atomic mass is 127. The van der Waals surface area contributed by atoms with E-state index in [2.05, 4.69) is 32.6 Å². The molecule has 0 radical (unpaired) electrons. The average Bonchev–Trinajstić information content (AvgIpc) is 3.14. The van der Waals surface area contributed by atoms with Crippen molar-refractivity contribution in [3.05, 3.63) is 41.7 Å². The number of fused-ring (bicyclic) bond motifs is 1. The minimum absolute atomic E-state index is 0. The third-order valence-corrected chi connectivity index (χ3v) is 4.77. The number of guanidine groups is 1. The quantitative estimate of drug-likeness (QED) is 0.206. The van der Waals surface area contributed by atoms with Crippen molar-refractivity contribution in [2.24, 2.45) is 4.99 Å². The van der Waals surface area contributed by atoms with Crippen LogP contribution in [-0.2, 0) is 24.3 Å². The normalized spacial score (nSPS) is 15.7. The predicted octanol–water partition coefficient (Wildman–Crippen LogP) is 2.91. The summed E-state index contributed by atoms with van der Waals surface area (Å²) in [5, 5.41) is 11.3. The van der Waals surface area contributed by atoms with Crippen LogP contribution in [0.3, 0.4) is 0 Å². The number of aromatic nitrogens is 3. The maximum Gasteiger partial charge on any atom is 0.191 e. The average molecular weight is 546 g/mol. The minimum Gasteiger partial charge on any atom is -0.494 e. The number of rotatable bonds is 10. The maximum absolute atomic E-state index is 12.9. The molecule has 8 nitrogen and oxygen atoms in total. The number of aliphatic imine (C=N–C) groups is 1. The zero-order valence-corrected chi connectivity index (χ0v) is 20.5. The fourth-order valence-corrected chi connectivity index (χ4v) is 3.31. The number of aryl methyl sites for hydroxylation is 1. The lowest BCUT2D eigenvalue weighted by Crippen LogP contribution is -2.47. The summed E-state index contributed by atoms with van der Waals surface area (Å²) in [6.45, 7) is 5.36. The Hall–Kier alpha value is -1.95. The lowest BCUT2D eigenvalue weighted by molar-refractivity contribution is 0.177. The van der Waals surface area contributed by atoms with Gasteiger partial charge in [0.2, 0.25) is 0 Å². The van der Waals surface area contributed by atoms with Gasteiger partial charge >= 0.3 is 0 Å². The van der Waals surface area contributed by atoms with E-state index in [1.54, 1.807) is 19.2 Å². The van der Waals surface area contributed by atoms with E-state index >= 15 is 0 Å². The Balaban J connectivity index is 0.00000341. The van der Waals surface area contributed by atoms with Crippen LogP contribution in [0.2, 0.25) is 0 Å². The molecule has 10 heteroatoms. The maximum atomic E-state index is 12.9.